The predicted molar refractivity (Wildman–Crippen MR) is 231 cm³/mol. The lowest BCUT2D eigenvalue weighted by Crippen LogP contribution is -2.37. The highest BCUT2D eigenvalue weighted by Gasteiger charge is 2.36. The number of morpholine rings is 1. The zero-order chi connectivity index (χ0) is 43.3. The summed E-state index contributed by atoms with van der Waals surface area (Å²) in [6.45, 7) is 4.19. The number of nitrogens with one attached hydrogen (secondary N) is 2. The summed E-state index contributed by atoms with van der Waals surface area (Å²) in [6, 6.07) is 28.1. The molecule has 12 nitrogen and oxygen atoms in total. The van der Waals surface area contributed by atoms with Crippen molar-refractivity contribution in [2.45, 2.75) is 41.8 Å². The minimum Gasteiger partial charge on any atom is -0.379 e. The second kappa shape index (κ2) is 18.7. The first-order valence-electron chi connectivity index (χ1n) is 20.2. The van der Waals surface area contributed by atoms with E-state index in [0.717, 1.165) is 35.2 Å². The number of anilines is 2. The lowest BCUT2D eigenvalue weighted by Gasteiger charge is -2.31. The number of nitrogens with zero attached hydrogens (tertiary/aromatic N) is 5. The molecule has 2 aliphatic heterocycles. The van der Waals surface area contributed by atoms with Crippen molar-refractivity contribution in [2.75, 3.05) is 55.4 Å². The van der Waals surface area contributed by atoms with E-state index in [2.05, 4.69) is 20.2 Å². The van der Waals surface area contributed by atoms with E-state index in [1.807, 2.05) is 76.5 Å². The number of imidazole rings is 1. The molecule has 1 atom stereocenters. The summed E-state index contributed by atoms with van der Waals surface area (Å²) in [5.74, 6) is -0.275. The van der Waals surface area contributed by atoms with Crippen LogP contribution in [0, 0.1) is 5.92 Å². The Labute approximate surface area is 361 Å². The lowest BCUT2D eigenvalue weighted by molar-refractivity contribution is -0.138. The number of hydrogen-bond donors (Lipinski definition) is 2. The average molecular weight is 884 g/mol. The van der Waals surface area contributed by atoms with Crippen LogP contribution in [-0.4, -0.2) is 84.6 Å². The summed E-state index contributed by atoms with van der Waals surface area (Å²) >= 11 is 1.57. The third kappa shape index (κ3) is 10.3. The van der Waals surface area contributed by atoms with Crippen molar-refractivity contribution in [3.05, 3.63) is 149 Å². The van der Waals surface area contributed by atoms with Gasteiger partial charge < -0.3 is 19.4 Å². The average Bonchev–Trinajstić information content (AvgIpc) is 3.69. The van der Waals surface area contributed by atoms with Gasteiger partial charge in [0.05, 0.1) is 29.9 Å². The Kier molecular flexibility index (Phi) is 12.9. The Bertz CT molecular complexity index is 2640. The quantitative estimate of drug-likeness (QED) is 0.107. The molecular weight excluding hydrogens is 840 g/mol. The van der Waals surface area contributed by atoms with Crippen LogP contribution in [0.1, 0.15) is 49.5 Å². The van der Waals surface area contributed by atoms with E-state index in [0.29, 0.717) is 73.8 Å². The van der Waals surface area contributed by atoms with Crippen molar-refractivity contribution < 1.29 is 35.9 Å². The Morgan fingerprint density at radius 2 is 1.66 bits per heavy atom. The predicted octanol–water partition coefficient (Wildman–Crippen LogP) is 7.36. The van der Waals surface area contributed by atoms with Crippen LogP contribution in [0.2, 0.25) is 0 Å². The maximum absolute atomic E-state index is 14.7. The molecule has 0 spiro atoms. The lowest BCUT2D eigenvalue weighted by atomic mass is 9.94. The van der Waals surface area contributed by atoms with Gasteiger partial charge in [0.2, 0.25) is 0 Å². The van der Waals surface area contributed by atoms with Crippen LogP contribution in [0.25, 0.3) is 5.65 Å². The number of alkyl halides is 3. The third-order valence-corrected chi connectivity index (χ3v) is 13.6. The van der Waals surface area contributed by atoms with E-state index in [1.54, 1.807) is 40.6 Å². The maximum Gasteiger partial charge on any atom is 0.416 e. The molecule has 0 bridgehead atoms. The molecule has 8 rings (SSSR count). The molecule has 5 heterocycles. The van der Waals surface area contributed by atoms with Crippen molar-refractivity contribution in [1.82, 2.24) is 24.0 Å². The second-order valence-corrected chi connectivity index (χ2v) is 18.0. The SMILES string of the molecule is O=C(NS(=O)(=O)c1ccc(C[C@H](CCN2CCOCC2)CSc2ccccc2)c(C(F)(F)F)c1)c1cccc(N2CCc3cccc(C(=O)Nc4cn5ccccc5n4)c3C2)n1. The van der Waals surface area contributed by atoms with Gasteiger partial charge in [-0.25, -0.2) is 23.1 Å². The minimum absolute atomic E-state index is 0.0169. The number of amides is 2. The molecule has 6 aromatic rings. The number of hydrogen-bond acceptors (Lipinski definition) is 10. The molecule has 2 aliphatic rings. The van der Waals surface area contributed by atoms with Gasteiger partial charge in [-0.05, 0) is 103 Å². The Balaban J connectivity index is 0.963. The Morgan fingerprint density at radius 1 is 0.871 bits per heavy atom. The fourth-order valence-electron chi connectivity index (χ4n) is 7.77. The fourth-order valence-corrected chi connectivity index (χ4v) is 9.82. The highest BCUT2D eigenvalue weighted by molar-refractivity contribution is 7.99. The third-order valence-electron chi connectivity index (χ3n) is 11.0. The number of benzene rings is 3. The Hall–Kier alpha value is -5.75. The molecule has 17 heteroatoms. The van der Waals surface area contributed by atoms with Gasteiger partial charge in [-0.2, -0.15) is 13.2 Å². The Morgan fingerprint density at radius 3 is 2.45 bits per heavy atom. The van der Waals surface area contributed by atoms with E-state index in [4.69, 9.17) is 4.74 Å². The fraction of sp³-hybridized carbons (Fsp3) is 0.289. The first kappa shape index (κ1) is 42.9. The standard InChI is InChI=1S/C45H44F3N7O5S2/c46-45(47,48)38-27-35(16-15-33(38)26-31(17-20-53-22-24-60-25-23-53)30-61-34-9-2-1-3-10-34)62(58,59)52-44(57)39-12-7-14-41(49-39)55-21-18-32-8-6-11-36(37(32)28-55)43(56)51-40-29-54-19-5-4-13-42(54)50-40/h1-16,19,27,29,31H,17-18,20-26,28,30H2,(H,51,56)(H,52,57)/t31-/m0/s1. The van der Waals surface area contributed by atoms with Crippen LogP contribution >= 0.6 is 11.8 Å². The monoisotopic (exact) mass is 883 g/mol. The normalized spacial score (nSPS) is 15.2. The summed E-state index contributed by atoms with van der Waals surface area (Å²) in [7, 11) is -4.76. The number of ether oxygens (including phenoxy) is 1. The smallest absolute Gasteiger partial charge is 0.379 e. The highest BCUT2D eigenvalue weighted by atomic mass is 32.2. The van der Waals surface area contributed by atoms with Gasteiger partial charge in [0.25, 0.3) is 21.8 Å². The number of aromatic nitrogens is 3. The van der Waals surface area contributed by atoms with E-state index < -0.39 is 32.6 Å². The summed E-state index contributed by atoms with van der Waals surface area (Å²) in [5, 5.41) is 2.88. The van der Waals surface area contributed by atoms with Crippen LogP contribution < -0.4 is 14.9 Å². The highest BCUT2D eigenvalue weighted by Crippen LogP contribution is 2.36. The number of halogens is 3. The topological polar surface area (TPSA) is 138 Å². The molecule has 1 fully saturated rings. The number of fused-ring (bicyclic) bond motifs is 2. The number of pyridine rings is 2. The van der Waals surface area contributed by atoms with Gasteiger partial charge in [0.1, 0.15) is 17.2 Å². The first-order valence-corrected chi connectivity index (χ1v) is 22.7. The maximum atomic E-state index is 14.7. The van der Waals surface area contributed by atoms with Crippen LogP contribution in [-0.2, 0) is 40.3 Å². The van der Waals surface area contributed by atoms with Crippen molar-refractivity contribution in [3.63, 3.8) is 0 Å². The molecular formula is C45H44F3N7O5S2. The summed E-state index contributed by atoms with van der Waals surface area (Å²) in [6.07, 6.45) is -0.0192. The minimum atomic E-state index is -4.86. The van der Waals surface area contributed by atoms with Crippen molar-refractivity contribution >= 4 is 50.9 Å². The molecule has 2 amide bonds. The summed E-state index contributed by atoms with van der Waals surface area (Å²) < 4.78 is 80.4. The number of sulfonamides is 1. The molecule has 0 saturated carbocycles. The molecule has 62 heavy (non-hydrogen) atoms. The molecule has 0 unspecified atom stereocenters. The van der Waals surface area contributed by atoms with E-state index in [1.165, 1.54) is 12.1 Å². The van der Waals surface area contributed by atoms with E-state index in [9.17, 15) is 31.2 Å². The molecule has 0 aliphatic carbocycles. The number of carbonyl (C=O) groups is 2. The van der Waals surface area contributed by atoms with Crippen molar-refractivity contribution in [2.24, 2.45) is 5.92 Å². The van der Waals surface area contributed by atoms with Crippen LogP contribution in [0.3, 0.4) is 0 Å². The van der Waals surface area contributed by atoms with Gasteiger partial charge in [-0.1, -0.05) is 48.5 Å². The van der Waals surface area contributed by atoms with Gasteiger partial charge >= 0.3 is 6.18 Å². The number of thioether (sulfide) groups is 1. The largest absolute Gasteiger partial charge is 0.416 e. The zero-order valence-electron chi connectivity index (χ0n) is 33.6. The molecule has 3 aromatic heterocycles. The molecule has 3 aromatic carbocycles. The summed E-state index contributed by atoms with van der Waals surface area (Å²) in [4.78, 5) is 40.3. The molecule has 0 radical (unpaired) electrons. The van der Waals surface area contributed by atoms with Gasteiger partial charge in [0.15, 0.2) is 5.82 Å². The first-order chi connectivity index (χ1) is 29.9. The molecule has 322 valence electrons. The van der Waals surface area contributed by atoms with E-state index in [-0.39, 0.29) is 36.0 Å². The number of carbonyl (C=O) groups excluding carboxylic acids is 2. The van der Waals surface area contributed by atoms with Crippen molar-refractivity contribution in [3.8, 4) is 0 Å². The summed E-state index contributed by atoms with van der Waals surface area (Å²) in [5.41, 5.74) is 1.54. The number of rotatable bonds is 14. The van der Waals surface area contributed by atoms with Gasteiger partial charge in [-0.3, -0.25) is 14.5 Å². The molecule has 1 saturated heterocycles. The van der Waals surface area contributed by atoms with Gasteiger partial charge in [-0.15, -0.1) is 11.8 Å². The van der Waals surface area contributed by atoms with Crippen LogP contribution in [0.15, 0.2) is 125 Å². The van der Waals surface area contributed by atoms with Gasteiger partial charge in [0, 0.05) is 48.6 Å². The molecule has 2 N–H and O–H groups in total. The van der Waals surface area contributed by atoms with E-state index >= 15 is 0 Å². The van der Waals surface area contributed by atoms with Crippen LogP contribution in [0.4, 0.5) is 24.8 Å². The van der Waals surface area contributed by atoms with Crippen molar-refractivity contribution in [1.29, 1.82) is 0 Å². The van der Waals surface area contributed by atoms with Crippen LogP contribution in [0.5, 0.6) is 0 Å². The second-order valence-electron chi connectivity index (χ2n) is 15.2. The zero-order valence-corrected chi connectivity index (χ0v) is 35.2.